The average molecular weight is 1650 g/mol. The summed E-state index contributed by atoms with van der Waals surface area (Å²) in [5, 5.41) is 22.0. The number of rotatable bonds is 29. The van der Waals surface area contributed by atoms with Crippen molar-refractivity contribution < 1.29 is 57.3 Å². The molecular weight excluding hydrogens is 1520 g/mol. The summed E-state index contributed by atoms with van der Waals surface area (Å²) >= 11 is 0. The zero-order valence-electron chi connectivity index (χ0n) is 69.3. The third kappa shape index (κ3) is 30.2. The van der Waals surface area contributed by atoms with Crippen molar-refractivity contribution in [1.29, 1.82) is 0 Å². The number of imidazole rings is 1. The number of ether oxygens (including phenoxy) is 4. The maximum atomic E-state index is 12.8. The summed E-state index contributed by atoms with van der Waals surface area (Å²) in [5.74, 6) is -2.21. The van der Waals surface area contributed by atoms with E-state index in [0.29, 0.717) is 72.1 Å². The minimum absolute atomic E-state index is 0. The van der Waals surface area contributed by atoms with Gasteiger partial charge in [-0.3, -0.25) is 38.4 Å². The van der Waals surface area contributed by atoms with Gasteiger partial charge in [-0.05, 0) is 224 Å². The van der Waals surface area contributed by atoms with Crippen molar-refractivity contribution in [1.82, 2.24) is 52.1 Å². The second-order valence-corrected chi connectivity index (χ2v) is 30.6. The number of carbonyl (C=O) groups is 8. The lowest BCUT2D eigenvalue weighted by atomic mass is 9.85. The number of H-pyrrole nitrogens is 1. The van der Waals surface area contributed by atoms with E-state index in [4.69, 9.17) is 24.7 Å². The molecule has 4 aliphatic heterocycles. The molecule has 0 bridgehead atoms. The first-order valence-corrected chi connectivity index (χ1v) is 40.9. The lowest BCUT2D eigenvalue weighted by Crippen LogP contribution is -2.44. The molecule has 23 heteroatoms. The van der Waals surface area contributed by atoms with Crippen LogP contribution in [0.2, 0.25) is 0 Å². The molecule has 10 atom stereocenters. The zero-order valence-corrected chi connectivity index (χ0v) is 69.3. The number of hydrogen-bond acceptors (Lipinski definition) is 18. The van der Waals surface area contributed by atoms with E-state index in [-0.39, 0.29) is 99.7 Å². The van der Waals surface area contributed by atoms with Crippen LogP contribution in [0.3, 0.4) is 0 Å². The topological polar surface area (TPSA) is 316 Å². The molecule has 0 saturated carbocycles. The number of nitrogens with zero attached hydrogens (tertiary/aromatic N) is 2. The number of benzene rings is 7. The molecule has 8 aromatic rings. The molecule has 0 radical (unpaired) electrons. The number of amides is 4. The summed E-state index contributed by atoms with van der Waals surface area (Å²) in [4.78, 5) is 109. The second-order valence-electron chi connectivity index (χ2n) is 30.6. The van der Waals surface area contributed by atoms with Crippen LogP contribution < -0.4 is 43.0 Å². The van der Waals surface area contributed by atoms with E-state index in [9.17, 15) is 38.4 Å². The quantitative estimate of drug-likeness (QED) is 0.0119. The molecular formula is C98H129N11O12. The number of nitrogens with two attached hydrogens (primary N) is 1. The fraction of sp³-hybridized carbons (Fsp3) is 0.398. The minimum atomic E-state index is -0.496. The lowest BCUT2D eigenvalue weighted by molar-refractivity contribution is -0.147. The minimum Gasteiger partial charge on any atom is -0.469 e. The maximum Gasteiger partial charge on any atom is 0.311 e. The van der Waals surface area contributed by atoms with Gasteiger partial charge in [0.1, 0.15) is 0 Å². The molecule has 0 aliphatic carbocycles. The molecule has 12 rings (SSSR count). The van der Waals surface area contributed by atoms with Crippen LogP contribution in [0.15, 0.2) is 236 Å². The van der Waals surface area contributed by atoms with Crippen LogP contribution in [0.1, 0.15) is 156 Å². The van der Waals surface area contributed by atoms with Crippen LogP contribution >= 0.6 is 0 Å². The van der Waals surface area contributed by atoms with Crippen molar-refractivity contribution in [2.75, 3.05) is 80.8 Å². The number of methoxy groups -OCH3 is 4. The first kappa shape index (κ1) is 98.0. The van der Waals surface area contributed by atoms with Crippen LogP contribution in [0.5, 0.6) is 0 Å². The van der Waals surface area contributed by atoms with Crippen LogP contribution in [0.25, 0.3) is 44.6 Å². The summed E-state index contributed by atoms with van der Waals surface area (Å²) in [7, 11) is 5.57. The van der Waals surface area contributed by atoms with E-state index in [2.05, 4.69) is 65.9 Å². The highest BCUT2D eigenvalue weighted by molar-refractivity contribution is 5.97. The first-order valence-electron chi connectivity index (χ1n) is 40.9. The van der Waals surface area contributed by atoms with Gasteiger partial charge in [0.15, 0.2) is 0 Å². The van der Waals surface area contributed by atoms with E-state index in [1.54, 1.807) is 36.8 Å². The molecule has 1 aromatic heterocycles. The second kappa shape index (κ2) is 51.0. The Labute approximate surface area is 716 Å². The van der Waals surface area contributed by atoms with Crippen molar-refractivity contribution in [3.05, 3.63) is 259 Å². The van der Waals surface area contributed by atoms with Crippen LogP contribution in [-0.2, 0) is 38.1 Å². The van der Waals surface area contributed by atoms with Crippen molar-refractivity contribution in [3.63, 3.8) is 0 Å². The van der Waals surface area contributed by atoms with Crippen LogP contribution in [-0.4, -0.2) is 167 Å². The molecule has 23 nitrogen and oxygen atoms in total. The van der Waals surface area contributed by atoms with Gasteiger partial charge in [-0.2, -0.15) is 0 Å². The summed E-state index contributed by atoms with van der Waals surface area (Å²) in [5.41, 5.74) is 18.7. The summed E-state index contributed by atoms with van der Waals surface area (Å²) in [6, 6.07) is 58.5. The molecule has 2 fully saturated rings. The number of aromatic amines is 1. The number of hydrogen-bond donors (Lipinski definition) is 9. The molecule has 5 heterocycles. The molecule has 2 saturated heterocycles. The van der Waals surface area contributed by atoms with Gasteiger partial charge in [0.05, 0.1) is 76.1 Å². The molecule has 10 N–H and O–H groups in total. The lowest BCUT2D eigenvalue weighted by Gasteiger charge is -2.31. The van der Waals surface area contributed by atoms with Gasteiger partial charge in [-0.25, -0.2) is 4.98 Å². The largest absolute Gasteiger partial charge is 0.469 e. The third-order valence-electron chi connectivity index (χ3n) is 22.3. The Balaban J connectivity index is 0.000000248. The highest BCUT2D eigenvalue weighted by Crippen LogP contribution is 2.30. The Morgan fingerprint density at radius 2 is 0.769 bits per heavy atom. The Morgan fingerprint density at radius 1 is 0.438 bits per heavy atom. The van der Waals surface area contributed by atoms with E-state index < -0.39 is 17.9 Å². The number of nitrogens with one attached hydrogen (secondary N) is 8. The normalized spacial score (nSPS) is 16.6. The molecule has 2 unspecified atom stereocenters. The summed E-state index contributed by atoms with van der Waals surface area (Å²) in [6.45, 7) is 18.3. The van der Waals surface area contributed by atoms with E-state index in [0.717, 1.165) is 135 Å². The van der Waals surface area contributed by atoms with Gasteiger partial charge in [0, 0.05) is 66.1 Å². The number of piperidine rings is 2. The standard InChI is InChI=1S/C26H31N3O3.C24H30N2O3.C24H28N2O3.C21H28N4O3.3CH4/c1-18(24(26(31)32-3)16-20-8-7-15-29(17-20)19(2)27)28-25(30)23-13-11-22(12-14-23)21-9-5-4-6-10-21;2*1-17(22(24(28)29-2)15-18-7-6-14-25-16-18)26-23(27)21-12-10-20(11-13-21)19-8-4-3-5-9-19;1-14(18(21(27)28-2)10-15-4-3-9-22-11-15)25-20(26)17-7-5-16(6-8-17)19-12-23-13-24-19;;;/h4-6,8-14,18,24H,2,7,15-17,27H2,1,3H3,(H,28,30);3-5,8-13,17-18,22,25H,6-7,14-16H2,1-2H3,(H,26,27);3-5,7-13,17,22,25H,6,14-16H2,1-2H3,(H,26,27);5-8,12-15,18,22H,3-4,9-11H2,1-2H3,(H,23,24)(H,25,26);3*1H4/t18-,24-;17-,18?,22-;17-,22-;14-,15?,18-;;;/m1111.../s1. The van der Waals surface area contributed by atoms with E-state index >= 15 is 0 Å². The number of carbonyl (C=O) groups excluding carboxylic acids is 8. The molecule has 7 aromatic carbocycles. The predicted octanol–water partition coefficient (Wildman–Crippen LogP) is 15.2. The SMILES string of the molecule is C.C.C.C=C(N)N1CCC=C(C[C@@H](C(=O)OC)[C@@H](C)NC(=O)c2ccc(-c3ccccc3)cc2)C1.COC(=O)[C@H](CC1=CCCNC1)[C@@H](C)NC(=O)c1ccc(-c2ccccc2)cc1.COC(=O)[C@H](CC1CCCNC1)[C@@H](C)NC(=O)c1ccc(-c2ccccc2)cc1.COC(=O)[C@H](CC1CCCNC1)[C@@H](C)NC(=O)c1ccc(-c2cnc[nH]2)cc1. The Hall–Kier alpha value is -11.8. The highest BCUT2D eigenvalue weighted by Gasteiger charge is 2.35. The fourth-order valence-corrected chi connectivity index (χ4v) is 15.2. The Kier molecular flexibility index (Phi) is 41.3. The van der Waals surface area contributed by atoms with Crippen molar-refractivity contribution in [3.8, 4) is 44.6 Å². The van der Waals surface area contributed by atoms with Gasteiger partial charge < -0.3 is 71.8 Å². The Morgan fingerprint density at radius 3 is 1.08 bits per heavy atom. The number of esters is 4. The monoisotopic (exact) mass is 1650 g/mol. The molecule has 4 aliphatic rings. The molecule has 4 amide bonds. The molecule has 0 spiro atoms. The van der Waals surface area contributed by atoms with Crippen molar-refractivity contribution in [2.45, 2.75) is 138 Å². The van der Waals surface area contributed by atoms with Gasteiger partial charge in [0.2, 0.25) is 0 Å². The zero-order chi connectivity index (χ0) is 84.3. The van der Waals surface area contributed by atoms with Gasteiger partial charge >= 0.3 is 23.9 Å². The number of aromatic nitrogens is 2. The first-order chi connectivity index (χ1) is 57.1. The predicted molar refractivity (Wildman–Crippen MR) is 482 cm³/mol. The summed E-state index contributed by atoms with van der Waals surface area (Å²) in [6.07, 6.45) is 16.4. The van der Waals surface area contributed by atoms with Gasteiger partial charge in [0.25, 0.3) is 23.6 Å². The van der Waals surface area contributed by atoms with Crippen LogP contribution in [0.4, 0.5) is 0 Å². The fourth-order valence-electron chi connectivity index (χ4n) is 15.2. The average Bonchev–Trinajstić information content (AvgIpc) is 1.83. The van der Waals surface area contributed by atoms with Crippen LogP contribution in [0, 0.1) is 35.5 Å². The van der Waals surface area contributed by atoms with Gasteiger partial charge in [-0.15, -0.1) is 0 Å². The molecule has 121 heavy (non-hydrogen) atoms. The van der Waals surface area contributed by atoms with Gasteiger partial charge in [-0.1, -0.05) is 192 Å². The van der Waals surface area contributed by atoms with Crippen molar-refractivity contribution in [2.24, 2.45) is 41.2 Å². The highest BCUT2D eigenvalue weighted by atomic mass is 16.5. The Bertz CT molecular complexity index is 4570. The summed E-state index contributed by atoms with van der Waals surface area (Å²) < 4.78 is 20.0. The maximum absolute atomic E-state index is 12.8. The molecule has 648 valence electrons. The van der Waals surface area contributed by atoms with Crippen molar-refractivity contribution >= 4 is 47.5 Å². The van der Waals surface area contributed by atoms with E-state index in [1.807, 2.05) is 196 Å². The third-order valence-corrected chi connectivity index (χ3v) is 22.3. The van der Waals surface area contributed by atoms with E-state index in [1.165, 1.54) is 34.0 Å². The smallest absolute Gasteiger partial charge is 0.311 e.